The van der Waals surface area contributed by atoms with Gasteiger partial charge in [0.2, 0.25) is 5.95 Å². The molecular weight excluding hydrogens is 276 g/mol. The van der Waals surface area contributed by atoms with Crippen LogP contribution in [0.2, 0.25) is 0 Å². The number of aromatic amines is 1. The number of hydrogen-bond donors (Lipinski definition) is 2. The Hall–Kier alpha value is -3.28. The number of fused-ring (bicyclic) bond motifs is 2. The van der Waals surface area contributed by atoms with Crippen LogP contribution in [0.25, 0.3) is 22.1 Å². The van der Waals surface area contributed by atoms with E-state index < -0.39 is 0 Å². The van der Waals surface area contributed by atoms with Crippen LogP contribution in [0.5, 0.6) is 0 Å². The Kier molecular flexibility index (Phi) is 2.97. The number of imidazole rings is 1. The third-order valence-electron chi connectivity index (χ3n) is 3.27. The first-order valence-electron chi connectivity index (χ1n) is 6.83. The van der Waals surface area contributed by atoms with Crippen LogP contribution < -0.4 is 5.43 Å². The lowest BCUT2D eigenvalue weighted by atomic mass is 10.2. The van der Waals surface area contributed by atoms with Gasteiger partial charge >= 0.3 is 0 Å². The van der Waals surface area contributed by atoms with E-state index >= 15 is 0 Å². The minimum atomic E-state index is 0.609. The third-order valence-corrected chi connectivity index (χ3v) is 3.27. The van der Waals surface area contributed by atoms with Gasteiger partial charge in [0, 0.05) is 12.4 Å². The van der Waals surface area contributed by atoms with Crippen molar-refractivity contribution in [2.45, 2.75) is 0 Å². The average Bonchev–Trinajstić information content (AvgIpc) is 2.97. The van der Waals surface area contributed by atoms with Gasteiger partial charge in [-0.25, -0.2) is 10.4 Å². The molecule has 2 aromatic heterocycles. The lowest BCUT2D eigenvalue weighted by Gasteiger charge is -1.97. The van der Waals surface area contributed by atoms with E-state index in [-0.39, 0.29) is 0 Å². The second-order valence-electron chi connectivity index (χ2n) is 4.78. The smallest absolute Gasteiger partial charge is 0.222 e. The van der Waals surface area contributed by atoms with Crippen molar-refractivity contribution >= 4 is 34.2 Å². The summed E-state index contributed by atoms with van der Waals surface area (Å²) < 4.78 is 0. The van der Waals surface area contributed by atoms with E-state index in [0.29, 0.717) is 5.95 Å². The highest BCUT2D eigenvalue weighted by Gasteiger charge is 2.00. The Morgan fingerprint density at radius 2 is 1.82 bits per heavy atom. The molecule has 4 aromatic rings. The number of aromatic nitrogens is 4. The number of benzene rings is 2. The van der Waals surface area contributed by atoms with Crippen molar-refractivity contribution in [1.29, 1.82) is 0 Å². The zero-order chi connectivity index (χ0) is 14.8. The van der Waals surface area contributed by atoms with E-state index in [9.17, 15) is 0 Å². The van der Waals surface area contributed by atoms with Gasteiger partial charge in [-0.1, -0.05) is 18.2 Å². The topological polar surface area (TPSA) is 78.9 Å². The maximum Gasteiger partial charge on any atom is 0.222 e. The van der Waals surface area contributed by atoms with Crippen LogP contribution in [0.1, 0.15) is 5.56 Å². The molecule has 0 fully saturated rings. The summed E-state index contributed by atoms with van der Waals surface area (Å²) in [6.07, 6.45) is 5.08. The minimum absolute atomic E-state index is 0.609. The SMILES string of the molecule is C(=NNc1nc2ccccc2[nH]1)c1ccc2nccnc2c1. The number of rotatable bonds is 3. The van der Waals surface area contributed by atoms with Gasteiger partial charge in [-0.2, -0.15) is 5.10 Å². The van der Waals surface area contributed by atoms with Gasteiger partial charge in [0.25, 0.3) is 0 Å². The van der Waals surface area contributed by atoms with Crippen LogP contribution in [0.3, 0.4) is 0 Å². The largest absolute Gasteiger partial charge is 0.323 e. The van der Waals surface area contributed by atoms with E-state index in [2.05, 4.69) is 30.5 Å². The minimum Gasteiger partial charge on any atom is -0.323 e. The molecule has 2 heterocycles. The first-order chi connectivity index (χ1) is 10.9. The molecule has 106 valence electrons. The molecule has 4 rings (SSSR count). The van der Waals surface area contributed by atoms with Crippen LogP contribution in [-0.4, -0.2) is 26.2 Å². The molecule has 0 bridgehead atoms. The second kappa shape index (κ2) is 5.25. The molecule has 0 aliphatic carbocycles. The summed E-state index contributed by atoms with van der Waals surface area (Å²) in [6.45, 7) is 0. The van der Waals surface area contributed by atoms with Crippen LogP contribution in [0.15, 0.2) is 60.0 Å². The summed E-state index contributed by atoms with van der Waals surface area (Å²) in [4.78, 5) is 16.1. The van der Waals surface area contributed by atoms with Crippen molar-refractivity contribution in [3.63, 3.8) is 0 Å². The van der Waals surface area contributed by atoms with Crippen LogP contribution in [0, 0.1) is 0 Å². The number of hydrazone groups is 1. The standard InChI is InChI=1S/C16H12N6/c1-2-4-14-13(3-1)20-16(21-14)22-19-10-11-5-6-12-15(9-11)18-8-7-17-12/h1-10H,(H2,20,21,22). The second-order valence-corrected chi connectivity index (χ2v) is 4.78. The van der Waals surface area contributed by atoms with Gasteiger partial charge in [-0.15, -0.1) is 0 Å². The predicted octanol–water partition coefficient (Wildman–Crippen LogP) is 2.95. The maximum atomic E-state index is 4.39. The Morgan fingerprint density at radius 3 is 2.73 bits per heavy atom. The van der Waals surface area contributed by atoms with Crippen molar-refractivity contribution in [1.82, 2.24) is 19.9 Å². The van der Waals surface area contributed by atoms with Crippen molar-refractivity contribution in [3.05, 3.63) is 60.4 Å². The molecule has 6 nitrogen and oxygen atoms in total. The van der Waals surface area contributed by atoms with Crippen LogP contribution in [-0.2, 0) is 0 Å². The molecule has 0 aliphatic heterocycles. The first-order valence-corrected chi connectivity index (χ1v) is 6.83. The molecule has 0 unspecified atom stereocenters. The summed E-state index contributed by atoms with van der Waals surface area (Å²) in [7, 11) is 0. The Balaban J connectivity index is 1.55. The molecular formula is C16H12N6. The van der Waals surface area contributed by atoms with E-state index in [1.165, 1.54) is 0 Å². The molecule has 0 saturated carbocycles. The number of para-hydroxylation sites is 2. The fourth-order valence-electron chi connectivity index (χ4n) is 2.23. The summed E-state index contributed by atoms with van der Waals surface area (Å²) in [6, 6.07) is 13.6. The molecule has 0 amide bonds. The average molecular weight is 288 g/mol. The van der Waals surface area contributed by atoms with E-state index in [1.807, 2.05) is 42.5 Å². The fourth-order valence-corrected chi connectivity index (χ4v) is 2.23. The van der Waals surface area contributed by atoms with Gasteiger partial charge < -0.3 is 4.98 Å². The van der Waals surface area contributed by atoms with Gasteiger partial charge in [0.15, 0.2) is 0 Å². The Bertz CT molecular complexity index is 939. The zero-order valence-electron chi connectivity index (χ0n) is 11.6. The number of anilines is 1. The third kappa shape index (κ3) is 2.37. The Labute approximate surface area is 126 Å². The summed E-state index contributed by atoms with van der Waals surface area (Å²) in [5, 5.41) is 4.20. The monoisotopic (exact) mass is 288 g/mol. The number of hydrogen-bond acceptors (Lipinski definition) is 5. The molecule has 2 N–H and O–H groups in total. The zero-order valence-corrected chi connectivity index (χ0v) is 11.6. The highest BCUT2D eigenvalue weighted by atomic mass is 15.3. The molecule has 6 heteroatoms. The summed E-state index contributed by atoms with van der Waals surface area (Å²) >= 11 is 0. The van der Waals surface area contributed by atoms with E-state index in [0.717, 1.165) is 27.6 Å². The van der Waals surface area contributed by atoms with Gasteiger partial charge in [-0.05, 0) is 29.8 Å². The molecule has 2 aromatic carbocycles. The van der Waals surface area contributed by atoms with Gasteiger partial charge in [0.1, 0.15) is 0 Å². The highest BCUT2D eigenvalue weighted by Crippen LogP contribution is 2.13. The molecule has 22 heavy (non-hydrogen) atoms. The molecule has 0 spiro atoms. The van der Waals surface area contributed by atoms with Crippen molar-refractivity contribution < 1.29 is 0 Å². The van der Waals surface area contributed by atoms with E-state index in [4.69, 9.17) is 0 Å². The van der Waals surface area contributed by atoms with Gasteiger partial charge in [-0.3, -0.25) is 9.97 Å². The van der Waals surface area contributed by atoms with Crippen LogP contribution >= 0.6 is 0 Å². The normalized spacial score (nSPS) is 11.5. The Morgan fingerprint density at radius 1 is 0.955 bits per heavy atom. The first kappa shape index (κ1) is 12.5. The van der Waals surface area contributed by atoms with Gasteiger partial charge in [0.05, 0.1) is 28.3 Å². The van der Waals surface area contributed by atoms with Crippen molar-refractivity contribution in [2.75, 3.05) is 5.43 Å². The molecule has 0 atom stereocenters. The lowest BCUT2D eigenvalue weighted by Crippen LogP contribution is -1.92. The van der Waals surface area contributed by atoms with E-state index in [1.54, 1.807) is 18.6 Å². The quantitative estimate of drug-likeness (QED) is 0.449. The predicted molar refractivity (Wildman–Crippen MR) is 86.8 cm³/mol. The van der Waals surface area contributed by atoms with Crippen molar-refractivity contribution in [3.8, 4) is 0 Å². The fraction of sp³-hybridized carbons (Fsp3) is 0. The molecule has 0 aliphatic rings. The maximum absolute atomic E-state index is 4.39. The molecule has 0 saturated heterocycles. The number of H-pyrrole nitrogens is 1. The highest BCUT2D eigenvalue weighted by molar-refractivity contribution is 5.87. The number of nitrogens with one attached hydrogen (secondary N) is 2. The summed E-state index contributed by atoms with van der Waals surface area (Å²) in [5.41, 5.74) is 7.42. The summed E-state index contributed by atoms with van der Waals surface area (Å²) in [5.74, 6) is 0.609. The molecule has 0 radical (unpaired) electrons. The number of nitrogens with zero attached hydrogens (tertiary/aromatic N) is 4. The van der Waals surface area contributed by atoms with Crippen LogP contribution in [0.4, 0.5) is 5.95 Å². The lowest BCUT2D eigenvalue weighted by molar-refractivity contribution is 1.21. The van der Waals surface area contributed by atoms with Crippen molar-refractivity contribution in [2.24, 2.45) is 5.10 Å².